The summed E-state index contributed by atoms with van der Waals surface area (Å²) in [7, 11) is 3.71. The number of nitrogens with zero attached hydrogens (tertiary/aromatic N) is 2. The minimum atomic E-state index is 0.608. The normalized spacial score (nSPS) is 14.9. The number of aromatic nitrogens is 1. The average Bonchev–Trinajstić information content (AvgIpc) is 3.12. The lowest BCUT2D eigenvalue weighted by atomic mass is 10.3. The van der Waals surface area contributed by atoms with E-state index >= 15 is 0 Å². The molecule has 0 saturated heterocycles. The maximum atomic E-state index is 5.26. The van der Waals surface area contributed by atoms with Crippen molar-refractivity contribution in [3.63, 3.8) is 0 Å². The van der Waals surface area contributed by atoms with E-state index < -0.39 is 0 Å². The van der Waals surface area contributed by atoms with E-state index in [1.54, 1.807) is 7.11 Å². The van der Waals surface area contributed by atoms with Crippen LogP contribution in [0, 0.1) is 5.92 Å². The molecule has 0 unspecified atom stereocenters. The molecule has 1 aliphatic carbocycles. The number of hydrogen-bond donors (Lipinski definition) is 1. The van der Waals surface area contributed by atoms with Gasteiger partial charge >= 0.3 is 0 Å². The van der Waals surface area contributed by atoms with E-state index in [0.717, 1.165) is 24.7 Å². The lowest BCUT2D eigenvalue weighted by Gasteiger charge is -2.20. The SMILES string of the molecule is CCCN(CC1CC1)c1nc(COC)c(CNC)s1. The standard InChI is InChI=1S/C14H25N3OS/c1-4-7-17(9-11-5-6-11)14-16-12(10-18-3)13(19-14)8-15-2/h11,15H,4-10H2,1-3H3. The highest BCUT2D eigenvalue weighted by Gasteiger charge is 2.26. The summed E-state index contributed by atoms with van der Waals surface area (Å²) < 4.78 is 5.26. The molecule has 0 atom stereocenters. The summed E-state index contributed by atoms with van der Waals surface area (Å²) in [6, 6.07) is 0. The fourth-order valence-electron chi connectivity index (χ4n) is 2.20. The third-order valence-electron chi connectivity index (χ3n) is 3.32. The van der Waals surface area contributed by atoms with Gasteiger partial charge in [0.25, 0.3) is 0 Å². The van der Waals surface area contributed by atoms with Crippen molar-refractivity contribution < 1.29 is 4.74 Å². The molecule has 0 aromatic carbocycles. The number of ether oxygens (including phenoxy) is 1. The third kappa shape index (κ3) is 4.16. The van der Waals surface area contributed by atoms with Gasteiger partial charge in [0.15, 0.2) is 5.13 Å². The van der Waals surface area contributed by atoms with Gasteiger partial charge in [0.2, 0.25) is 0 Å². The van der Waals surface area contributed by atoms with Crippen molar-refractivity contribution in [2.24, 2.45) is 5.92 Å². The van der Waals surface area contributed by atoms with Crippen LogP contribution in [0.3, 0.4) is 0 Å². The van der Waals surface area contributed by atoms with E-state index in [4.69, 9.17) is 9.72 Å². The van der Waals surface area contributed by atoms with Gasteiger partial charge in [0, 0.05) is 31.6 Å². The van der Waals surface area contributed by atoms with Crippen LogP contribution >= 0.6 is 11.3 Å². The highest BCUT2D eigenvalue weighted by molar-refractivity contribution is 7.15. The van der Waals surface area contributed by atoms with Gasteiger partial charge in [-0.05, 0) is 32.2 Å². The first-order chi connectivity index (χ1) is 9.28. The molecule has 1 N–H and O–H groups in total. The Kier molecular flexibility index (Phi) is 5.60. The lowest BCUT2D eigenvalue weighted by Crippen LogP contribution is -2.26. The fourth-order valence-corrected chi connectivity index (χ4v) is 3.31. The van der Waals surface area contributed by atoms with Crippen molar-refractivity contribution in [3.05, 3.63) is 10.6 Å². The molecular weight excluding hydrogens is 258 g/mol. The maximum Gasteiger partial charge on any atom is 0.185 e. The van der Waals surface area contributed by atoms with Gasteiger partial charge in [-0.3, -0.25) is 0 Å². The summed E-state index contributed by atoms with van der Waals surface area (Å²) in [5, 5.41) is 4.39. The highest BCUT2D eigenvalue weighted by Crippen LogP contribution is 2.34. The van der Waals surface area contributed by atoms with Gasteiger partial charge in [-0.25, -0.2) is 4.98 Å². The van der Waals surface area contributed by atoms with E-state index in [1.807, 2.05) is 18.4 Å². The largest absolute Gasteiger partial charge is 0.378 e. The predicted octanol–water partition coefficient (Wildman–Crippen LogP) is 2.64. The quantitative estimate of drug-likeness (QED) is 0.756. The van der Waals surface area contributed by atoms with Crippen molar-refractivity contribution in [3.8, 4) is 0 Å². The molecule has 1 fully saturated rings. The Balaban J connectivity index is 2.12. The molecule has 0 aliphatic heterocycles. The molecule has 0 radical (unpaired) electrons. The molecule has 1 heterocycles. The van der Waals surface area contributed by atoms with Crippen LogP contribution in [0.15, 0.2) is 0 Å². The first-order valence-corrected chi connectivity index (χ1v) is 7.97. The smallest absolute Gasteiger partial charge is 0.185 e. The van der Waals surface area contributed by atoms with Gasteiger partial charge in [-0.1, -0.05) is 6.92 Å². The van der Waals surface area contributed by atoms with E-state index in [9.17, 15) is 0 Å². The van der Waals surface area contributed by atoms with E-state index in [-0.39, 0.29) is 0 Å². The number of rotatable bonds is 9. The average molecular weight is 283 g/mol. The van der Waals surface area contributed by atoms with Crippen molar-refractivity contribution in [1.29, 1.82) is 0 Å². The molecule has 108 valence electrons. The Morgan fingerprint density at radius 1 is 1.47 bits per heavy atom. The van der Waals surface area contributed by atoms with Gasteiger partial charge in [0.05, 0.1) is 12.3 Å². The van der Waals surface area contributed by atoms with Crippen LogP contribution in [0.25, 0.3) is 0 Å². The summed E-state index contributed by atoms with van der Waals surface area (Å²) in [4.78, 5) is 8.56. The summed E-state index contributed by atoms with van der Waals surface area (Å²) in [5.41, 5.74) is 1.09. The number of hydrogen-bond acceptors (Lipinski definition) is 5. The van der Waals surface area contributed by atoms with E-state index in [2.05, 4.69) is 17.1 Å². The minimum Gasteiger partial charge on any atom is -0.378 e. The highest BCUT2D eigenvalue weighted by atomic mass is 32.1. The van der Waals surface area contributed by atoms with Crippen LogP contribution in [0.5, 0.6) is 0 Å². The van der Waals surface area contributed by atoms with Gasteiger partial charge < -0.3 is 15.0 Å². The molecular formula is C14H25N3OS. The van der Waals surface area contributed by atoms with Crippen molar-refractivity contribution in [1.82, 2.24) is 10.3 Å². The molecule has 1 aliphatic rings. The molecule has 1 aromatic heterocycles. The zero-order valence-corrected chi connectivity index (χ0v) is 13.1. The van der Waals surface area contributed by atoms with Crippen LogP contribution in [-0.4, -0.2) is 32.2 Å². The van der Waals surface area contributed by atoms with Gasteiger partial charge in [-0.2, -0.15) is 0 Å². The first kappa shape index (κ1) is 14.8. The number of thiazole rings is 1. The Morgan fingerprint density at radius 2 is 2.26 bits per heavy atom. The second-order valence-electron chi connectivity index (χ2n) is 5.22. The summed E-state index contributed by atoms with van der Waals surface area (Å²) in [6.45, 7) is 6.00. The molecule has 2 rings (SSSR count). The summed E-state index contributed by atoms with van der Waals surface area (Å²) >= 11 is 1.81. The van der Waals surface area contributed by atoms with Crippen LogP contribution < -0.4 is 10.2 Å². The Labute approximate surface area is 120 Å². The Hall–Kier alpha value is -0.650. The topological polar surface area (TPSA) is 37.4 Å². The first-order valence-electron chi connectivity index (χ1n) is 7.15. The summed E-state index contributed by atoms with van der Waals surface area (Å²) in [6.07, 6.45) is 3.95. The molecule has 1 aromatic rings. The minimum absolute atomic E-state index is 0.608. The lowest BCUT2D eigenvalue weighted by molar-refractivity contribution is 0.181. The molecule has 0 amide bonds. The van der Waals surface area contributed by atoms with Gasteiger partial charge in [0.1, 0.15) is 0 Å². The Morgan fingerprint density at radius 3 is 2.84 bits per heavy atom. The zero-order valence-electron chi connectivity index (χ0n) is 12.2. The number of anilines is 1. The number of nitrogens with one attached hydrogen (secondary N) is 1. The number of methoxy groups -OCH3 is 1. The van der Waals surface area contributed by atoms with Crippen LogP contribution in [-0.2, 0) is 17.9 Å². The van der Waals surface area contributed by atoms with Gasteiger partial charge in [-0.15, -0.1) is 11.3 Å². The van der Waals surface area contributed by atoms with Crippen LogP contribution in [0.1, 0.15) is 36.8 Å². The fraction of sp³-hybridized carbons (Fsp3) is 0.786. The molecule has 1 saturated carbocycles. The predicted molar refractivity (Wildman–Crippen MR) is 80.8 cm³/mol. The van der Waals surface area contributed by atoms with E-state index in [1.165, 1.54) is 35.8 Å². The monoisotopic (exact) mass is 283 g/mol. The molecule has 19 heavy (non-hydrogen) atoms. The molecule has 5 heteroatoms. The summed E-state index contributed by atoms with van der Waals surface area (Å²) in [5.74, 6) is 0.897. The molecule has 0 spiro atoms. The third-order valence-corrected chi connectivity index (χ3v) is 4.48. The van der Waals surface area contributed by atoms with Crippen LogP contribution in [0.2, 0.25) is 0 Å². The van der Waals surface area contributed by atoms with E-state index in [0.29, 0.717) is 6.61 Å². The van der Waals surface area contributed by atoms with Crippen LogP contribution in [0.4, 0.5) is 5.13 Å². The van der Waals surface area contributed by atoms with Crippen molar-refractivity contribution >= 4 is 16.5 Å². The molecule has 4 nitrogen and oxygen atoms in total. The zero-order chi connectivity index (χ0) is 13.7. The van der Waals surface area contributed by atoms with Crippen molar-refractivity contribution in [2.75, 3.05) is 32.1 Å². The molecule has 0 bridgehead atoms. The second kappa shape index (κ2) is 7.22. The Bertz CT molecular complexity index is 367. The second-order valence-corrected chi connectivity index (χ2v) is 6.28. The van der Waals surface area contributed by atoms with Crippen molar-refractivity contribution in [2.45, 2.75) is 39.3 Å². The maximum absolute atomic E-state index is 5.26.